The fraction of sp³-hybridized carbons (Fsp3) is 0.208. The lowest BCUT2D eigenvalue weighted by atomic mass is 10.0. The van der Waals surface area contributed by atoms with Crippen molar-refractivity contribution in [1.29, 1.82) is 0 Å². The van der Waals surface area contributed by atoms with Crippen molar-refractivity contribution < 1.29 is 9.59 Å². The number of rotatable bonds is 4. The Labute approximate surface area is 181 Å². The maximum atomic E-state index is 13.3. The summed E-state index contributed by atoms with van der Waals surface area (Å²) in [5.74, 6) is -0.892. The smallest absolute Gasteiger partial charge is 0.270 e. The summed E-state index contributed by atoms with van der Waals surface area (Å²) in [6.07, 6.45) is 4.65. The normalized spacial score (nSPS) is 15.9. The van der Waals surface area contributed by atoms with Crippen molar-refractivity contribution >= 4 is 51.8 Å². The third-order valence-electron chi connectivity index (χ3n) is 5.43. The van der Waals surface area contributed by atoms with Crippen LogP contribution in [0.3, 0.4) is 0 Å². The van der Waals surface area contributed by atoms with E-state index in [-0.39, 0.29) is 10.7 Å². The third-order valence-corrected chi connectivity index (χ3v) is 5.72. The van der Waals surface area contributed by atoms with Crippen molar-refractivity contribution in [3.8, 4) is 0 Å². The number of hydrogen-bond acceptors (Lipinski definition) is 3. The Morgan fingerprint density at radius 2 is 1.83 bits per heavy atom. The van der Waals surface area contributed by atoms with E-state index in [1.807, 2.05) is 62.5 Å². The first-order valence-electron chi connectivity index (χ1n) is 9.97. The highest BCUT2D eigenvalue weighted by molar-refractivity contribution is 7.80. The highest BCUT2D eigenvalue weighted by atomic mass is 32.1. The molecule has 2 amide bonds. The first kappa shape index (κ1) is 20.0. The Morgan fingerprint density at radius 3 is 2.57 bits per heavy atom. The second-order valence-corrected chi connectivity index (χ2v) is 7.91. The number of thiocarbonyl (C=S) groups is 1. The number of carbonyl (C=O) groups excluding carboxylic acids is 2. The lowest BCUT2D eigenvalue weighted by Gasteiger charge is -2.29. The maximum Gasteiger partial charge on any atom is 0.270 e. The zero-order chi connectivity index (χ0) is 21.4. The predicted octanol–water partition coefficient (Wildman–Crippen LogP) is 4.50. The van der Waals surface area contributed by atoms with Gasteiger partial charge in [0.15, 0.2) is 5.11 Å². The Hall–Kier alpha value is -3.25. The van der Waals surface area contributed by atoms with Gasteiger partial charge in [0, 0.05) is 29.2 Å². The molecule has 0 spiro atoms. The molecule has 1 fully saturated rings. The van der Waals surface area contributed by atoms with E-state index in [2.05, 4.69) is 16.8 Å². The molecule has 4 rings (SSSR count). The molecule has 0 radical (unpaired) electrons. The number of fused-ring (bicyclic) bond motifs is 1. The van der Waals surface area contributed by atoms with Gasteiger partial charge in [0.25, 0.3) is 11.8 Å². The van der Waals surface area contributed by atoms with Crippen LogP contribution in [0.5, 0.6) is 0 Å². The van der Waals surface area contributed by atoms with Gasteiger partial charge in [-0.2, -0.15) is 0 Å². The minimum Gasteiger partial charge on any atom is -0.347 e. The van der Waals surface area contributed by atoms with Gasteiger partial charge < -0.3 is 4.57 Å². The van der Waals surface area contributed by atoms with Crippen LogP contribution < -0.4 is 10.2 Å². The molecular formula is C24H23N3O2S. The van der Waals surface area contributed by atoms with E-state index in [0.717, 1.165) is 40.6 Å². The van der Waals surface area contributed by atoms with Gasteiger partial charge in [0.2, 0.25) is 0 Å². The van der Waals surface area contributed by atoms with Crippen LogP contribution in [-0.4, -0.2) is 21.5 Å². The van der Waals surface area contributed by atoms with Gasteiger partial charge in [-0.1, -0.05) is 31.2 Å². The molecule has 5 nitrogen and oxygen atoms in total. The lowest BCUT2D eigenvalue weighted by molar-refractivity contribution is -0.122. The summed E-state index contributed by atoms with van der Waals surface area (Å²) in [6, 6.07) is 13.7. The maximum absolute atomic E-state index is 13.3. The molecule has 0 unspecified atom stereocenters. The first-order valence-corrected chi connectivity index (χ1v) is 10.4. The first-order chi connectivity index (χ1) is 14.4. The molecule has 30 heavy (non-hydrogen) atoms. The number of nitrogens with zero attached hydrogens (tertiary/aromatic N) is 2. The number of anilines is 1. The average Bonchev–Trinajstić information content (AvgIpc) is 3.06. The standard InChI is InChI=1S/C24H23N3O2S/c1-4-11-26-14-17(19-7-5-6-8-21(19)26)13-20-22(28)25-24(30)27(23(20)29)18-10-9-15(2)16(3)12-18/h5-10,12-14H,4,11H2,1-3H3,(H,25,28,30). The summed E-state index contributed by atoms with van der Waals surface area (Å²) in [7, 11) is 0. The number of aromatic nitrogens is 1. The second kappa shape index (κ2) is 7.88. The van der Waals surface area contributed by atoms with E-state index in [9.17, 15) is 9.59 Å². The molecule has 0 bridgehead atoms. The fourth-order valence-electron chi connectivity index (χ4n) is 3.73. The molecule has 1 aromatic heterocycles. The van der Waals surface area contributed by atoms with Gasteiger partial charge in [-0.15, -0.1) is 0 Å². The third kappa shape index (κ3) is 3.44. The topological polar surface area (TPSA) is 54.3 Å². The summed E-state index contributed by atoms with van der Waals surface area (Å²) in [6.45, 7) is 6.97. The summed E-state index contributed by atoms with van der Waals surface area (Å²) < 4.78 is 2.15. The lowest BCUT2D eigenvalue weighted by Crippen LogP contribution is -2.54. The van der Waals surface area contributed by atoms with Gasteiger partial charge in [0.1, 0.15) is 5.57 Å². The van der Waals surface area contributed by atoms with E-state index in [0.29, 0.717) is 5.69 Å². The molecule has 1 saturated heterocycles. The fourth-order valence-corrected chi connectivity index (χ4v) is 4.01. The van der Waals surface area contributed by atoms with Crippen LogP contribution in [0.15, 0.2) is 54.2 Å². The van der Waals surface area contributed by atoms with Crippen molar-refractivity contribution in [1.82, 2.24) is 9.88 Å². The number of para-hydroxylation sites is 1. The summed E-state index contributed by atoms with van der Waals surface area (Å²) in [4.78, 5) is 27.4. The van der Waals surface area contributed by atoms with E-state index in [4.69, 9.17) is 12.2 Å². The van der Waals surface area contributed by atoms with Gasteiger partial charge >= 0.3 is 0 Å². The van der Waals surface area contributed by atoms with Crippen LogP contribution in [-0.2, 0) is 16.1 Å². The van der Waals surface area contributed by atoms with Crippen molar-refractivity contribution in [2.24, 2.45) is 0 Å². The van der Waals surface area contributed by atoms with Gasteiger partial charge in [-0.25, -0.2) is 0 Å². The molecule has 0 saturated carbocycles. The van der Waals surface area contributed by atoms with Crippen molar-refractivity contribution in [2.45, 2.75) is 33.7 Å². The number of carbonyl (C=O) groups is 2. The summed E-state index contributed by atoms with van der Waals surface area (Å²) in [5, 5.41) is 3.77. The van der Waals surface area contributed by atoms with Crippen LogP contribution in [0, 0.1) is 13.8 Å². The number of hydrogen-bond donors (Lipinski definition) is 1. The van der Waals surface area contributed by atoms with Crippen LogP contribution in [0.25, 0.3) is 17.0 Å². The minimum absolute atomic E-state index is 0.0706. The number of nitrogens with one attached hydrogen (secondary N) is 1. The minimum atomic E-state index is -0.475. The van der Waals surface area contributed by atoms with Crippen molar-refractivity contribution in [3.05, 3.63) is 70.9 Å². The molecule has 152 valence electrons. The van der Waals surface area contributed by atoms with E-state index in [1.54, 1.807) is 6.08 Å². The Balaban J connectivity index is 1.80. The monoisotopic (exact) mass is 417 g/mol. The quantitative estimate of drug-likeness (QED) is 0.386. The van der Waals surface area contributed by atoms with Crippen LogP contribution >= 0.6 is 12.2 Å². The van der Waals surface area contributed by atoms with Crippen molar-refractivity contribution in [3.63, 3.8) is 0 Å². The molecule has 0 aliphatic carbocycles. The van der Waals surface area contributed by atoms with Gasteiger partial charge in [-0.3, -0.25) is 19.8 Å². The summed E-state index contributed by atoms with van der Waals surface area (Å²) >= 11 is 5.31. The Morgan fingerprint density at radius 1 is 1.07 bits per heavy atom. The molecule has 6 heteroatoms. The van der Waals surface area contributed by atoms with E-state index < -0.39 is 11.8 Å². The Bertz CT molecular complexity index is 1220. The highest BCUT2D eigenvalue weighted by Crippen LogP contribution is 2.27. The highest BCUT2D eigenvalue weighted by Gasteiger charge is 2.34. The van der Waals surface area contributed by atoms with Gasteiger partial charge in [-0.05, 0) is 67.9 Å². The predicted molar refractivity (Wildman–Crippen MR) is 124 cm³/mol. The second-order valence-electron chi connectivity index (χ2n) is 7.52. The number of benzene rings is 2. The molecule has 1 aliphatic heterocycles. The van der Waals surface area contributed by atoms with Gasteiger partial charge in [0.05, 0.1) is 5.69 Å². The largest absolute Gasteiger partial charge is 0.347 e. The molecule has 3 aromatic rings. The average molecular weight is 418 g/mol. The van der Waals surface area contributed by atoms with E-state index >= 15 is 0 Å². The Kier molecular flexibility index (Phi) is 5.26. The molecule has 0 atom stereocenters. The molecule has 1 N–H and O–H groups in total. The number of amides is 2. The zero-order valence-corrected chi connectivity index (χ0v) is 18.0. The number of aryl methyl sites for hydroxylation is 3. The SMILES string of the molecule is CCCn1cc(C=C2C(=O)NC(=S)N(c3ccc(C)c(C)c3)C2=O)c2ccccc21. The van der Waals surface area contributed by atoms with Crippen molar-refractivity contribution in [2.75, 3.05) is 4.90 Å². The van der Waals surface area contributed by atoms with E-state index in [1.165, 1.54) is 4.90 Å². The molecular weight excluding hydrogens is 394 g/mol. The molecule has 2 heterocycles. The van der Waals surface area contributed by atoms with Crippen LogP contribution in [0.2, 0.25) is 0 Å². The zero-order valence-electron chi connectivity index (χ0n) is 17.2. The van der Waals surface area contributed by atoms with Crippen LogP contribution in [0.4, 0.5) is 5.69 Å². The summed E-state index contributed by atoms with van der Waals surface area (Å²) in [5.41, 5.74) is 4.81. The van der Waals surface area contributed by atoms with Crippen LogP contribution in [0.1, 0.15) is 30.0 Å². The molecule has 1 aliphatic rings. The molecule has 2 aromatic carbocycles.